The summed E-state index contributed by atoms with van der Waals surface area (Å²) in [6, 6.07) is 7.55. The van der Waals surface area contributed by atoms with Gasteiger partial charge in [0.1, 0.15) is 5.00 Å². The van der Waals surface area contributed by atoms with Crippen molar-refractivity contribution in [2.45, 2.75) is 46.5 Å². The van der Waals surface area contributed by atoms with Crippen LogP contribution in [0.25, 0.3) is 11.1 Å². The molecule has 3 aromatic rings. The maximum Gasteiger partial charge on any atom is 0.341 e. The number of thiophene rings is 1. The van der Waals surface area contributed by atoms with Crippen LogP contribution in [0.4, 0.5) is 5.69 Å². The third-order valence-electron chi connectivity index (χ3n) is 6.55. The van der Waals surface area contributed by atoms with Gasteiger partial charge in [0.05, 0.1) is 23.3 Å². The number of nitrogens with zero attached hydrogens (tertiary/aromatic N) is 2. The Morgan fingerprint density at radius 1 is 1.19 bits per heavy atom. The van der Waals surface area contributed by atoms with E-state index in [4.69, 9.17) is 16.3 Å². The monoisotopic (exact) mass is 539 g/mol. The van der Waals surface area contributed by atoms with Crippen molar-refractivity contribution in [3.63, 3.8) is 0 Å². The summed E-state index contributed by atoms with van der Waals surface area (Å²) in [6.45, 7) is 5.99. The molecule has 0 unspecified atom stereocenters. The number of aliphatic imine (C=N–C) groups is 1. The van der Waals surface area contributed by atoms with Gasteiger partial charge in [0.25, 0.3) is 5.91 Å². The fraction of sp³-hybridized carbons (Fsp3) is 0.296. The second-order valence-corrected chi connectivity index (χ2v) is 11.5. The number of fused-ring (bicyclic) bond motifs is 1. The molecule has 5 rings (SSSR count). The smallest absolute Gasteiger partial charge is 0.341 e. The van der Waals surface area contributed by atoms with Gasteiger partial charge in [-0.3, -0.25) is 4.79 Å². The lowest BCUT2D eigenvalue weighted by Gasteiger charge is -2.12. The van der Waals surface area contributed by atoms with Crippen molar-refractivity contribution in [3.8, 4) is 5.00 Å². The van der Waals surface area contributed by atoms with Gasteiger partial charge in [-0.05, 0) is 99.2 Å². The number of nitrogens with one attached hydrogen (secondary N) is 1. The first-order valence-corrected chi connectivity index (χ1v) is 13.8. The first kappa shape index (κ1) is 24.9. The molecule has 2 aromatic heterocycles. The molecule has 0 spiro atoms. The molecule has 1 aromatic carbocycles. The van der Waals surface area contributed by atoms with E-state index in [9.17, 15) is 9.59 Å². The number of esters is 1. The van der Waals surface area contributed by atoms with Gasteiger partial charge in [-0.2, -0.15) is 0 Å². The zero-order chi connectivity index (χ0) is 25.6. The van der Waals surface area contributed by atoms with Crippen molar-refractivity contribution >= 4 is 63.5 Å². The van der Waals surface area contributed by atoms with Gasteiger partial charge in [0.2, 0.25) is 0 Å². The summed E-state index contributed by atoms with van der Waals surface area (Å²) in [5.41, 5.74) is 6.39. The quantitative estimate of drug-likeness (QED) is 0.297. The summed E-state index contributed by atoms with van der Waals surface area (Å²) in [5.74, 6) is -0.482. The maximum atomic E-state index is 12.8. The lowest BCUT2D eigenvalue weighted by atomic mass is 9.95. The van der Waals surface area contributed by atoms with Crippen molar-refractivity contribution in [1.29, 1.82) is 0 Å². The number of thioether (sulfide) groups is 1. The number of carbonyl (C=O) groups is 2. The van der Waals surface area contributed by atoms with E-state index in [0.717, 1.165) is 64.4 Å². The molecule has 6 nitrogen and oxygen atoms in total. The van der Waals surface area contributed by atoms with Crippen LogP contribution < -0.4 is 5.32 Å². The zero-order valence-corrected chi connectivity index (χ0v) is 22.9. The third kappa shape index (κ3) is 4.53. The molecule has 36 heavy (non-hydrogen) atoms. The molecule has 9 heteroatoms. The normalized spacial score (nSPS) is 17.5. The van der Waals surface area contributed by atoms with Crippen LogP contribution in [0.2, 0.25) is 5.02 Å². The second kappa shape index (κ2) is 9.92. The number of hydrogen-bond acceptors (Lipinski definition) is 6. The van der Waals surface area contributed by atoms with Gasteiger partial charge >= 0.3 is 5.97 Å². The molecule has 186 valence electrons. The molecule has 1 N–H and O–H groups in total. The summed E-state index contributed by atoms with van der Waals surface area (Å²) in [7, 11) is 1.43. The van der Waals surface area contributed by atoms with Gasteiger partial charge in [0.15, 0.2) is 5.17 Å². The van der Waals surface area contributed by atoms with Crippen molar-refractivity contribution in [2.75, 3.05) is 7.11 Å². The van der Waals surface area contributed by atoms with Crippen molar-refractivity contribution in [1.82, 2.24) is 9.88 Å². The van der Waals surface area contributed by atoms with Crippen LogP contribution in [0.15, 0.2) is 34.2 Å². The minimum atomic E-state index is -0.292. The Morgan fingerprint density at radius 3 is 2.75 bits per heavy atom. The summed E-state index contributed by atoms with van der Waals surface area (Å²) in [4.78, 5) is 32.0. The van der Waals surface area contributed by atoms with Crippen molar-refractivity contribution in [2.24, 2.45) is 4.99 Å². The lowest BCUT2D eigenvalue weighted by molar-refractivity contribution is -0.115. The number of halogens is 1. The van der Waals surface area contributed by atoms with Gasteiger partial charge in [-0.1, -0.05) is 17.7 Å². The summed E-state index contributed by atoms with van der Waals surface area (Å²) in [5, 5.41) is 4.87. The molecule has 0 saturated carbocycles. The van der Waals surface area contributed by atoms with Crippen molar-refractivity contribution in [3.05, 3.63) is 72.7 Å². The Balaban J connectivity index is 1.51. The van der Waals surface area contributed by atoms with Crippen LogP contribution in [0.3, 0.4) is 0 Å². The Labute approximate surface area is 223 Å². The van der Waals surface area contributed by atoms with Gasteiger partial charge < -0.3 is 14.6 Å². The van der Waals surface area contributed by atoms with Gasteiger partial charge in [-0.15, -0.1) is 11.3 Å². The van der Waals surface area contributed by atoms with Crippen molar-refractivity contribution < 1.29 is 14.3 Å². The molecule has 0 bridgehead atoms. The number of amides is 1. The van der Waals surface area contributed by atoms with E-state index >= 15 is 0 Å². The predicted molar refractivity (Wildman–Crippen MR) is 148 cm³/mol. The van der Waals surface area contributed by atoms with Crippen LogP contribution in [-0.4, -0.2) is 28.7 Å². The van der Waals surface area contributed by atoms with Crippen LogP contribution in [-0.2, 0) is 22.4 Å². The Morgan fingerprint density at radius 2 is 1.97 bits per heavy atom. The number of benzene rings is 1. The summed E-state index contributed by atoms with van der Waals surface area (Å²) in [6.07, 6.45) is 6.00. The fourth-order valence-electron chi connectivity index (χ4n) is 4.70. The highest BCUT2D eigenvalue weighted by Crippen LogP contribution is 2.40. The Hall–Kier alpha value is -2.81. The Kier molecular flexibility index (Phi) is 6.85. The number of ether oxygens (including phenoxy) is 1. The number of amidine groups is 1. The third-order valence-corrected chi connectivity index (χ3v) is 8.97. The van der Waals surface area contributed by atoms with E-state index in [1.165, 1.54) is 23.7 Å². The molecular weight excluding hydrogens is 514 g/mol. The number of hydrogen-bond donors (Lipinski definition) is 1. The lowest BCUT2D eigenvalue weighted by Crippen LogP contribution is -2.19. The average Bonchev–Trinajstić information content (AvgIpc) is 3.48. The molecule has 1 aliphatic carbocycles. The van der Waals surface area contributed by atoms with Crippen LogP contribution >= 0.6 is 34.7 Å². The molecule has 0 radical (unpaired) electrons. The molecule has 0 atom stereocenters. The Bertz CT molecular complexity index is 1470. The molecule has 3 heterocycles. The topological polar surface area (TPSA) is 72.7 Å². The summed E-state index contributed by atoms with van der Waals surface area (Å²) < 4.78 is 7.29. The number of methoxy groups -OCH3 is 1. The minimum absolute atomic E-state index is 0.190. The van der Waals surface area contributed by atoms with Gasteiger partial charge in [-0.25, -0.2) is 9.79 Å². The van der Waals surface area contributed by atoms with E-state index < -0.39 is 0 Å². The standard InChI is InChI=1S/C27H26ClN3O3S2/c1-14-9-10-18(28)13-20(14)29-27-30-24(32)22(36-27)12-17-11-15(2)31(16(17)3)25-23(26(33)34-4)19-7-5-6-8-21(19)35-25/h9-13H,5-8H2,1-4H3,(H,29,30,32)/b22-12-. The first-order valence-electron chi connectivity index (χ1n) is 11.7. The first-order chi connectivity index (χ1) is 17.3. The van der Waals surface area contributed by atoms with E-state index in [1.54, 1.807) is 17.4 Å². The fourth-order valence-corrected chi connectivity index (χ4v) is 7.18. The van der Waals surface area contributed by atoms with Crippen LogP contribution in [0, 0.1) is 20.8 Å². The molecule has 1 saturated heterocycles. The maximum absolute atomic E-state index is 12.8. The van der Waals surface area contributed by atoms with Gasteiger partial charge in [0, 0.05) is 21.3 Å². The number of aryl methyl sites for hydroxylation is 3. The van der Waals surface area contributed by atoms with E-state index in [2.05, 4.69) is 14.9 Å². The highest BCUT2D eigenvalue weighted by Gasteiger charge is 2.29. The second-order valence-electron chi connectivity index (χ2n) is 8.96. The number of rotatable bonds is 4. The average molecular weight is 540 g/mol. The predicted octanol–water partition coefficient (Wildman–Crippen LogP) is 6.67. The number of aromatic nitrogens is 1. The van der Waals surface area contributed by atoms with E-state index in [-0.39, 0.29) is 11.9 Å². The SMILES string of the molecule is COC(=O)c1c(-n2c(C)cc(/C=C3\SC(=Nc4cc(Cl)ccc4C)NC3=O)c2C)sc2c1CCCC2. The number of carbonyl (C=O) groups excluding carboxylic acids is 2. The molecule has 1 fully saturated rings. The summed E-state index contributed by atoms with van der Waals surface area (Å²) >= 11 is 9.10. The molecular formula is C27H26ClN3O3S2. The highest BCUT2D eigenvalue weighted by atomic mass is 35.5. The van der Waals surface area contributed by atoms with E-state index in [0.29, 0.717) is 20.7 Å². The van der Waals surface area contributed by atoms with E-state index in [1.807, 2.05) is 45.0 Å². The molecule has 2 aliphatic rings. The van der Waals surface area contributed by atoms with Crippen LogP contribution in [0.5, 0.6) is 0 Å². The highest BCUT2D eigenvalue weighted by molar-refractivity contribution is 8.18. The molecule has 1 aliphatic heterocycles. The minimum Gasteiger partial charge on any atom is -0.465 e. The molecule has 1 amide bonds. The zero-order valence-electron chi connectivity index (χ0n) is 20.5. The largest absolute Gasteiger partial charge is 0.465 e. The van der Waals surface area contributed by atoms with Crippen LogP contribution in [0.1, 0.15) is 56.2 Å².